The molecule has 3 aromatic rings. The van der Waals surface area contributed by atoms with Crippen LogP contribution in [0.4, 0.5) is 5.69 Å². The third-order valence-corrected chi connectivity index (χ3v) is 6.93. The maximum atomic E-state index is 12.9. The first-order valence-corrected chi connectivity index (χ1v) is 12.9. The molecule has 1 aromatic heterocycles. The smallest absolute Gasteiger partial charge is 0.253 e. The normalized spacial score (nSPS) is 12.0. The summed E-state index contributed by atoms with van der Waals surface area (Å²) in [6, 6.07) is 10.7. The molecule has 0 aliphatic heterocycles. The average Bonchev–Trinajstić information content (AvgIpc) is 3.14. The van der Waals surface area contributed by atoms with Gasteiger partial charge in [-0.3, -0.25) is 9.59 Å². The van der Waals surface area contributed by atoms with E-state index in [1.807, 2.05) is 32.4 Å². The topological polar surface area (TPSA) is 88.9 Å². The number of hydrogen-bond donors (Lipinski definition) is 2. The summed E-state index contributed by atoms with van der Waals surface area (Å²) in [5.41, 5.74) is 4.49. The van der Waals surface area contributed by atoms with Crippen LogP contribution in [0.3, 0.4) is 0 Å². The molecule has 1 atom stereocenters. The fraction of sp³-hybridized carbons (Fsp3) is 0.385. The van der Waals surface area contributed by atoms with Gasteiger partial charge in [-0.25, -0.2) is 0 Å². The van der Waals surface area contributed by atoms with Gasteiger partial charge in [0.25, 0.3) is 5.91 Å². The summed E-state index contributed by atoms with van der Waals surface area (Å²) in [4.78, 5) is 25.6. The molecule has 2 aromatic carbocycles. The standard InChI is InChI=1S/C26H32ClN5O2S/c1-15(2)11-21(28-25(34)19-9-7-8-10-20(19)27)24-30-31-26(32(24)6)35-14-22(33)29-23-17(4)12-16(3)13-18(23)5/h7-10,12-13,15,21H,11,14H2,1-6H3,(H,28,34)(H,29,33)/t21-/m1/s1. The van der Waals surface area contributed by atoms with Crippen molar-refractivity contribution in [1.29, 1.82) is 0 Å². The van der Waals surface area contributed by atoms with E-state index in [1.54, 1.807) is 24.3 Å². The first-order chi connectivity index (χ1) is 16.6. The summed E-state index contributed by atoms with van der Waals surface area (Å²) in [5, 5.41) is 15.7. The van der Waals surface area contributed by atoms with Crippen molar-refractivity contribution < 1.29 is 9.59 Å². The number of aromatic nitrogens is 3. The Balaban J connectivity index is 1.71. The Kier molecular flexibility index (Phi) is 8.97. The second kappa shape index (κ2) is 11.7. The summed E-state index contributed by atoms with van der Waals surface area (Å²) in [5.74, 6) is 0.764. The summed E-state index contributed by atoms with van der Waals surface area (Å²) < 4.78 is 1.83. The quantitative estimate of drug-likeness (QED) is 0.361. The first-order valence-electron chi connectivity index (χ1n) is 11.5. The van der Waals surface area contributed by atoms with Gasteiger partial charge in [-0.2, -0.15) is 0 Å². The van der Waals surface area contributed by atoms with E-state index in [-0.39, 0.29) is 23.6 Å². The number of anilines is 1. The van der Waals surface area contributed by atoms with Crippen LogP contribution in [0.1, 0.15) is 59.2 Å². The van der Waals surface area contributed by atoms with Crippen molar-refractivity contribution in [3.63, 3.8) is 0 Å². The van der Waals surface area contributed by atoms with Crippen molar-refractivity contribution >= 4 is 40.9 Å². The molecular formula is C26H32ClN5O2S. The molecule has 2 amide bonds. The van der Waals surface area contributed by atoms with Crippen LogP contribution in [-0.2, 0) is 11.8 Å². The second-order valence-corrected chi connectivity index (χ2v) is 10.5. The van der Waals surface area contributed by atoms with Crippen molar-refractivity contribution in [3.05, 3.63) is 69.5 Å². The van der Waals surface area contributed by atoms with Crippen LogP contribution in [-0.4, -0.2) is 32.3 Å². The van der Waals surface area contributed by atoms with Crippen LogP contribution >= 0.6 is 23.4 Å². The minimum Gasteiger partial charge on any atom is -0.342 e. The van der Waals surface area contributed by atoms with Gasteiger partial charge in [-0.05, 0) is 56.4 Å². The molecule has 0 saturated carbocycles. The van der Waals surface area contributed by atoms with E-state index in [0.29, 0.717) is 33.9 Å². The number of amides is 2. The monoisotopic (exact) mass is 513 g/mol. The van der Waals surface area contributed by atoms with E-state index in [9.17, 15) is 9.59 Å². The molecule has 7 nitrogen and oxygen atoms in total. The molecule has 35 heavy (non-hydrogen) atoms. The zero-order valence-corrected chi connectivity index (χ0v) is 22.5. The number of aryl methyl sites for hydroxylation is 3. The molecule has 3 rings (SSSR count). The molecule has 0 fully saturated rings. The van der Waals surface area contributed by atoms with E-state index in [1.165, 1.54) is 11.8 Å². The molecule has 0 unspecified atom stereocenters. The molecule has 1 heterocycles. The molecule has 0 spiro atoms. The maximum absolute atomic E-state index is 12.9. The van der Waals surface area contributed by atoms with Crippen molar-refractivity contribution in [2.24, 2.45) is 13.0 Å². The summed E-state index contributed by atoms with van der Waals surface area (Å²) >= 11 is 7.52. The van der Waals surface area contributed by atoms with Crippen LogP contribution in [0.2, 0.25) is 5.02 Å². The van der Waals surface area contributed by atoms with Crippen LogP contribution in [0, 0.1) is 26.7 Å². The highest BCUT2D eigenvalue weighted by molar-refractivity contribution is 7.99. The Morgan fingerprint density at radius 3 is 2.37 bits per heavy atom. The number of thioether (sulfide) groups is 1. The van der Waals surface area contributed by atoms with Crippen molar-refractivity contribution in [2.45, 2.75) is 52.2 Å². The highest BCUT2D eigenvalue weighted by atomic mass is 35.5. The predicted octanol–water partition coefficient (Wildman–Crippen LogP) is 5.64. The van der Waals surface area contributed by atoms with Gasteiger partial charge in [-0.15, -0.1) is 10.2 Å². The fourth-order valence-corrected chi connectivity index (χ4v) is 4.96. The van der Waals surface area contributed by atoms with Gasteiger partial charge >= 0.3 is 0 Å². The highest BCUT2D eigenvalue weighted by Gasteiger charge is 2.24. The zero-order valence-electron chi connectivity index (χ0n) is 21.0. The Bertz CT molecular complexity index is 1200. The van der Waals surface area contributed by atoms with Gasteiger partial charge in [-0.1, -0.05) is 67.0 Å². The highest BCUT2D eigenvalue weighted by Crippen LogP contribution is 2.26. The van der Waals surface area contributed by atoms with Crippen molar-refractivity contribution in [1.82, 2.24) is 20.1 Å². The molecule has 0 aliphatic carbocycles. The van der Waals surface area contributed by atoms with E-state index in [0.717, 1.165) is 22.4 Å². The Morgan fingerprint density at radius 2 is 1.74 bits per heavy atom. The molecule has 2 N–H and O–H groups in total. The van der Waals surface area contributed by atoms with Crippen LogP contribution in [0.25, 0.3) is 0 Å². The number of halogens is 1. The molecule has 186 valence electrons. The number of carbonyl (C=O) groups excluding carboxylic acids is 2. The summed E-state index contributed by atoms with van der Waals surface area (Å²) in [7, 11) is 1.85. The lowest BCUT2D eigenvalue weighted by molar-refractivity contribution is -0.113. The number of nitrogens with one attached hydrogen (secondary N) is 2. The third-order valence-electron chi connectivity index (χ3n) is 5.58. The zero-order chi connectivity index (χ0) is 25.7. The molecule has 9 heteroatoms. The van der Waals surface area contributed by atoms with Gasteiger partial charge in [0.1, 0.15) is 0 Å². The fourth-order valence-electron chi connectivity index (χ4n) is 4.02. The molecule has 0 saturated heterocycles. The molecular weight excluding hydrogens is 482 g/mol. The van der Waals surface area contributed by atoms with E-state index in [4.69, 9.17) is 11.6 Å². The number of hydrogen-bond acceptors (Lipinski definition) is 5. The lowest BCUT2D eigenvalue weighted by atomic mass is 10.0. The number of carbonyl (C=O) groups is 2. The third kappa shape index (κ3) is 6.86. The van der Waals surface area contributed by atoms with Crippen LogP contribution < -0.4 is 10.6 Å². The molecule has 0 aliphatic rings. The average molecular weight is 514 g/mol. The van der Waals surface area contributed by atoms with Crippen molar-refractivity contribution in [2.75, 3.05) is 11.1 Å². The largest absolute Gasteiger partial charge is 0.342 e. The lowest BCUT2D eigenvalue weighted by Gasteiger charge is -2.20. The molecule has 0 bridgehead atoms. The maximum Gasteiger partial charge on any atom is 0.253 e. The first kappa shape index (κ1) is 26.8. The summed E-state index contributed by atoms with van der Waals surface area (Å²) in [6.45, 7) is 10.2. The number of rotatable bonds is 9. The van der Waals surface area contributed by atoms with Crippen LogP contribution in [0.5, 0.6) is 0 Å². The SMILES string of the molecule is Cc1cc(C)c(NC(=O)CSc2nnc([C@@H](CC(C)C)NC(=O)c3ccccc3Cl)n2C)c(C)c1. The summed E-state index contributed by atoms with van der Waals surface area (Å²) in [6.07, 6.45) is 0.680. The van der Waals surface area contributed by atoms with Crippen molar-refractivity contribution in [3.8, 4) is 0 Å². The minimum atomic E-state index is -0.350. The Morgan fingerprint density at radius 1 is 1.09 bits per heavy atom. The second-order valence-electron chi connectivity index (χ2n) is 9.15. The Hall–Kier alpha value is -2.84. The van der Waals surface area contributed by atoms with E-state index < -0.39 is 0 Å². The van der Waals surface area contributed by atoms with Gasteiger partial charge in [0.2, 0.25) is 5.91 Å². The Labute approximate surface area is 216 Å². The van der Waals surface area contributed by atoms with E-state index in [2.05, 4.69) is 46.8 Å². The number of benzene rings is 2. The predicted molar refractivity (Wildman–Crippen MR) is 142 cm³/mol. The van der Waals surface area contributed by atoms with Gasteiger partial charge in [0.15, 0.2) is 11.0 Å². The van der Waals surface area contributed by atoms with Gasteiger partial charge < -0.3 is 15.2 Å². The van der Waals surface area contributed by atoms with Crippen LogP contribution in [0.15, 0.2) is 41.6 Å². The minimum absolute atomic E-state index is 0.111. The van der Waals surface area contributed by atoms with Gasteiger partial charge in [0, 0.05) is 12.7 Å². The number of nitrogens with zero attached hydrogens (tertiary/aromatic N) is 3. The lowest BCUT2D eigenvalue weighted by Crippen LogP contribution is -2.31. The molecule has 0 radical (unpaired) electrons. The van der Waals surface area contributed by atoms with E-state index >= 15 is 0 Å². The van der Waals surface area contributed by atoms with Gasteiger partial charge in [0.05, 0.1) is 22.4 Å².